The van der Waals surface area contributed by atoms with Gasteiger partial charge >= 0.3 is 5.97 Å². The van der Waals surface area contributed by atoms with Crippen LogP contribution in [0.3, 0.4) is 0 Å². The first-order valence-corrected chi connectivity index (χ1v) is 8.98. The van der Waals surface area contributed by atoms with Crippen molar-refractivity contribution in [3.05, 3.63) is 66.2 Å². The Morgan fingerprint density at radius 2 is 1.85 bits per heavy atom. The molecule has 0 saturated carbocycles. The van der Waals surface area contributed by atoms with E-state index < -0.39 is 5.97 Å². The van der Waals surface area contributed by atoms with Crippen molar-refractivity contribution in [2.45, 2.75) is 0 Å². The summed E-state index contributed by atoms with van der Waals surface area (Å²) >= 11 is 5.65. The summed E-state index contributed by atoms with van der Waals surface area (Å²) in [4.78, 5) is 18.8. The van der Waals surface area contributed by atoms with Gasteiger partial charge in [-0.2, -0.15) is 0 Å². The third-order valence-electron chi connectivity index (χ3n) is 4.08. The van der Waals surface area contributed by atoms with Crippen molar-refractivity contribution in [3.63, 3.8) is 0 Å². The molecule has 3 aromatic rings. The van der Waals surface area contributed by atoms with E-state index in [1.54, 1.807) is 11.9 Å². The zero-order valence-corrected chi connectivity index (χ0v) is 15.8. The minimum atomic E-state index is -0.435. The molecule has 2 aromatic carbocycles. The number of aromatic nitrogens is 1. The number of aliphatic hydroxyl groups is 1. The Labute approximate surface area is 163 Å². The lowest BCUT2D eigenvalue weighted by Gasteiger charge is -2.21. The second-order valence-corrected chi connectivity index (χ2v) is 6.43. The van der Waals surface area contributed by atoms with Gasteiger partial charge in [-0.3, -0.25) is 4.79 Å². The predicted octanol–water partition coefficient (Wildman–Crippen LogP) is 3.04. The number of nitrogens with zero attached hydrogens (tertiary/aromatic N) is 2. The van der Waals surface area contributed by atoms with Crippen molar-refractivity contribution >= 4 is 34.1 Å². The molecule has 0 aliphatic rings. The molecule has 0 radical (unpaired) electrons. The molecule has 6 heteroatoms. The lowest BCUT2D eigenvalue weighted by molar-refractivity contribution is -0.144. The largest absolute Gasteiger partial charge is 0.462 e. The van der Waals surface area contributed by atoms with Crippen LogP contribution < -0.4 is 0 Å². The fraction of sp³-hybridized carbons (Fsp3) is 0.190. The Morgan fingerprint density at radius 3 is 2.59 bits per heavy atom. The fourth-order valence-corrected chi connectivity index (χ4v) is 3.02. The van der Waals surface area contributed by atoms with E-state index in [0.29, 0.717) is 4.99 Å². The molecule has 1 aromatic heterocycles. The summed E-state index contributed by atoms with van der Waals surface area (Å²) < 4.78 is 4.93. The molecule has 0 atom stereocenters. The van der Waals surface area contributed by atoms with Gasteiger partial charge in [0.2, 0.25) is 0 Å². The number of para-hydroxylation sites is 1. The predicted molar refractivity (Wildman–Crippen MR) is 110 cm³/mol. The molecule has 0 aliphatic heterocycles. The summed E-state index contributed by atoms with van der Waals surface area (Å²) in [6, 6.07) is 19.6. The molecule has 1 N–H and O–H groups in total. The summed E-state index contributed by atoms with van der Waals surface area (Å²) in [5.74, 6) is -0.435. The van der Waals surface area contributed by atoms with Gasteiger partial charge < -0.3 is 14.7 Å². The smallest absolute Gasteiger partial charge is 0.325 e. The third kappa shape index (κ3) is 4.48. The maximum atomic E-state index is 11.9. The Hall–Kier alpha value is -2.83. The monoisotopic (exact) mass is 380 g/mol. The summed E-state index contributed by atoms with van der Waals surface area (Å²) in [6.07, 6.45) is 0. The van der Waals surface area contributed by atoms with E-state index in [1.165, 1.54) is 0 Å². The molecule has 0 saturated heterocycles. The van der Waals surface area contributed by atoms with Crippen LogP contribution in [-0.2, 0) is 9.53 Å². The number of carbonyl (C=O) groups is 1. The zero-order chi connectivity index (χ0) is 19.2. The lowest BCUT2D eigenvalue weighted by Crippen LogP contribution is -2.33. The van der Waals surface area contributed by atoms with Crippen molar-refractivity contribution in [3.8, 4) is 11.3 Å². The highest BCUT2D eigenvalue weighted by Crippen LogP contribution is 2.26. The number of rotatable bonds is 6. The second kappa shape index (κ2) is 8.70. The van der Waals surface area contributed by atoms with Crippen molar-refractivity contribution in [1.29, 1.82) is 0 Å². The molecular weight excluding hydrogens is 360 g/mol. The first kappa shape index (κ1) is 18.9. The van der Waals surface area contributed by atoms with Crippen LogP contribution in [0.4, 0.5) is 0 Å². The molecule has 0 spiro atoms. The number of thiocarbonyl (C=S) groups is 1. The minimum absolute atomic E-state index is 0.0101. The minimum Gasteiger partial charge on any atom is -0.462 e. The Morgan fingerprint density at radius 1 is 1.15 bits per heavy atom. The van der Waals surface area contributed by atoms with Gasteiger partial charge in [0.1, 0.15) is 18.1 Å². The van der Waals surface area contributed by atoms with Crippen LogP contribution in [0.2, 0.25) is 0 Å². The standard InChI is InChI=1S/C21H20N2O3S/c1-23(14-20(25)26-12-11-24)21(27)17-13-19(15-7-3-2-4-8-15)22-18-10-6-5-9-16(17)18/h2-10,13,24H,11-12,14H2,1H3. The van der Waals surface area contributed by atoms with Gasteiger partial charge in [-0.05, 0) is 12.1 Å². The molecule has 0 fully saturated rings. The van der Waals surface area contributed by atoms with Crippen LogP contribution in [0, 0.1) is 0 Å². The molecule has 27 heavy (non-hydrogen) atoms. The summed E-state index contributed by atoms with van der Waals surface area (Å²) in [7, 11) is 1.75. The van der Waals surface area contributed by atoms with E-state index in [-0.39, 0.29) is 19.8 Å². The second-order valence-electron chi connectivity index (χ2n) is 6.04. The van der Waals surface area contributed by atoms with Crippen LogP contribution >= 0.6 is 12.2 Å². The fourth-order valence-electron chi connectivity index (χ4n) is 2.79. The zero-order valence-electron chi connectivity index (χ0n) is 15.0. The number of ether oxygens (including phenoxy) is 1. The normalized spacial score (nSPS) is 10.6. The summed E-state index contributed by atoms with van der Waals surface area (Å²) in [5, 5.41) is 9.70. The SMILES string of the molecule is CN(CC(=O)OCCO)C(=S)c1cc(-c2ccccc2)nc2ccccc12. The molecule has 5 nitrogen and oxygen atoms in total. The number of esters is 1. The lowest BCUT2D eigenvalue weighted by atomic mass is 10.0. The van der Waals surface area contributed by atoms with Crippen molar-refractivity contribution in [2.75, 3.05) is 26.8 Å². The molecule has 0 unspecified atom stereocenters. The Kier molecular flexibility index (Phi) is 6.11. The van der Waals surface area contributed by atoms with E-state index >= 15 is 0 Å². The van der Waals surface area contributed by atoms with E-state index in [9.17, 15) is 4.79 Å². The van der Waals surface area contributed by atoms with E-state index in [1.807, 2.05) is 60.7 Å². The van der Waals surface area contributed by atoms with Gasteiger partial charge in [0.15, 0.2) is 0 Å². The van der Waals surface area contributed by atoms with E-state index in [2.05, 4.69) is 0 Å². The van der Waals surface area contributed by atoms with Gasteiger partial charge in [0.25, 0.3) is 0 Å². The van der Waals surface area contributed by atoms with Crippen molar-refractivity contribution in [2.24, 2.45) is 0 Å². The number of hydrogen-bond acceptors (Lipinski definition) is 5. The van der Waals surface area contributed by atoms with Crippen LogP contribution in [0.1, 0.15) is 5.56 Å². The molecule has 138 valence electrons. The molecular formula is C21H20N2O3S. The number of aliphatic hydroxyl groups excluding tert-OH is 1. The van der Waals surface area contributed by atoms with Crippen molar-refractivity contribution in [1.82, 2.24) is 9.88 Å². The number of fused-ring (bicyclic) bond motifs is 1. The van der Waals surface area contributed by atoms with Crippen LogP contribution in [-0.4, -0.2) is 52.8 Å². The van der Waals surface area contributed by atoms with Crippen LogP contribution in [0.5, 0.6) is 0 Å². The number of benzene rings is 2. The molecule has 0 bridgehead atoms. The summed E-state index contributed by atoms with van der Waals surface area (Å²) in [6.45, 7) is -0.207. The Bertz CT molecular complexity index is 960. The average molecular weight is 380 g/mol. The van der Waals surface area contributed by atoms with Gasteiger partial charge in [-0.15, -0.1) is 0 Å². The Balaban J connectivity index is 1.97. The number of carbonyl (C=O) groups excluding carboxylic acids is 1. The van der Waals surface area contributed by atoms with Gasteiger partial charge in [0.05, 0.1) is 17.8 Å². The first-order chi connectivity index (χ1) is 13.1. The average Bonchev–Trinajstić information content (AvgIpc) is 2.71. The van der Waals surface area contributed by atoms with E-state index in [4.69, 9.17) is 27.0 Å². The highest BCUT2D eigenvalue weighted by atomic mass is 32.1. The topological polar surface area (TPSA) is 62.7 Å². The number of pyridine rings is 1. The van der Waals surface area contributed by atoms with Gasteiger partial charge in [-0.1, -0.05) is 60.7 Å². The van der Waals surface area contributed by atoms with Crippen LogP contribution in [0.25, 0.3) is 22.2 Å². The van der Waals surface area contributed by atoms with Crippen LogP contribution in [0.15, 0.2) is 60.7 Å². The molecule has 0 aliphatic carbocycles. The highest BCUT2D eigenvalue weighted by Gasteiger charge is 2.16. The van der Waals surface area contributed by atoms with Gasteiger partial charge in [-0.25, -0.2) is 4.98 Å². The maximum Gasteiger partial charge on any atom is 0.325 e. The highest BCUT2D eigenvalue weighted by molar-refractivity contribution is 7.80. The van der Waals surface area contributed by atoms with E-state index in [0.717, 1.165) is 27.7 Å². The molecule has 0 amide bonds. The number of likely N-dealkylation sites (N-methyl/N-ethyl adjacent to an activating group) is 1. The number of hydrogen-bond donors (Lipinski definition) is 1. The molecule has 3 rings (SSSR count). The quantitative estimate of drug-likeness (QED) is 0.524. The first-order valence-electron chi connectivity index (χ1n) is 8.57. The van der Waals surface area contributed by atoms with Gasteiger partial charge in [0, 0.05) is 23.6 Å². The molecule has 1 heterocycles. The summed E-state index contributed by atoms with van der Waals surface area (Å²) in [5.41, 5.74) is 3.50. The van der Waals surface area contributed by atoms with Crippen molar-refractivity contribution < 1.29 is 14.6 Å². The third-order valence-corrected chi connectivity index (χ3v) is 4.62. The maximum absolute atomic E-state index is 11.9.